The molecule has 2 aliphatic rings. The van der Waals surface area contributed by atoms with Gasteiger partial charge in [-0.15, -0.1) is 0 Å². The lowest BCUT2D eigenvalue weighted by atomic mass is 10.2. The molecular weight excluding hydrogens is 481 g/mol. The molecule has 0 amide bonds. The van der Waals surface area contributed by atoms with Gasteiger partial charge in [-0.2, -0.15) is 28.1 Å². The zero-order valence-electron chi connectivity index (χ0n) is 21.3. The number of halogens is 3. The van der Waals surface area contributed by atoms with Crippen LogP contribution in [0.3, 0.4) is 0 Å². The second kappa shape index (κ2) is 10.0. The Morgan fingerprint density at radius 3 is 2.30 bits per heavy atom. The molecule has 0 aliphatic carbocycles. The minimum Gasteiger partial charge on any atom is -0.378 e. The van der Waals surface area contributed by atoms with Crippen molar-refractivity contribution in [1.29, 1.82) is 0 Å². The number of aromatic nitrogens is 4. The van der Waals surface area contributed by atoms with Crippen LogP contribution in [0.1, 0.15) is 25.3 Å². The SMILES string of the molecule is CC1CCCN1c1nc(-c2cccc(N(C)C)c2)nc(N2CCN(c3ncccc3C(F)(F)F)CC2)n1. The monoisotopic (exact) mass is 512 g/mol. The Balaban J connectivity index is 1.44. The Hall–Kier alpha value is -3.63. The van der Waals surface area contributed by atoms with Crippen LogP contribution in [0.2, 0.25) is 0 Å². The molecule has 2 aliphatic heterocycles. The Morgan fingerprint density at radius 2 is 1.62 bits per heavy atom. The van der Waals surface area contributed by atoms with E-state index in [0.29, 0.717) is 49.9 Å². The second-order valence-electron chi connectivity index (χ2n) is 9.73. The van der Waals surface area contributed by atoms with Crippen LogP contribution in [-0.4, -0.2) is 72.8 Å². The summed E-state index contributed by atoms with van der Waals surface area (Å²) in [7, 11) is 3.97. The number of benzene rings is 1. The molecule has 196 valence electrons. The summed E-state index contributed by atoms with van der Waals surface area (Å²) < 4.78 is 40.6. The van der Waals surface area contributed by atoms with Crippen molar-refractivity contribution >= 4 is 23.4 Å². The summed E-state index contributed by atoms with van der Waals surface area (Å²) in [5.41, 5.74) is 1.22. The Morgan fingerprint density at radius 1 is 0.892 bits per heavy atom. The summed E-state index contributed by atoms with van der Waals surface area (Å²) in [4.78, 5) is 26.5. The van der Waals surface area contributed by atoms with Gasteiger partial charge >= 0.3 is 6.18 Å². The van der Waals surface area contributed by atoms with E-state index < -0.39 is 11.7 Å². The number of rotatable bonds is 5. The molecule has 37 heavy (non-hydrogen) atoms. The Kier molecular flexibility index (Phi) is 6.78. The molecule has 5 rings (SSSR count). The van der Waals surface area contributed by atoms with Crippen molar-refractivity contribution in [2.24, 2.45) is 0 Å². The van der Waals surface area contributed by atoms with Gasteiger partial charge in [0.25, 0.3) is 0 Å². The number of anilines is 4. The molecule has 2 fully saturated rings. The third-order valence-corrected chi connectivity index (χ3v) is 7.00. The van der Waals surface area contributed by atoms with Crippen molar-refractivity contribution in [1.82, 2.24) is 19.9 Å². The van der Waals surface area contributed by atoms with Crippen LogP contribution in [-0.2, 0) is 6.18 Å². The van der Waals surface area contributed by atoms with Gasteiger partial charge in [-0.05, 0) is 44.0 Å². The van der Waals surface area contributed by atoms with E-state index in [2.05, 4.69) is 16.8 Å². The molecule has 0 saturated carbocycles. The lowest BCUT2D eigenvalue weighted by molar-refractivity contribution is -0.137. The fraction of sp³-hybridized carbons (Fsp3) is 0.462. The van der Waals surface area contributed by atoms with Crippen molar-refractivity contribution in [3.8, 4) is 11.4 Å². The van der Waals surface area contributed by atoms with E-state index in [1.165, 1.54) is 12.3 Å². The summed E-state index contributed by atoms with van der Waals surface area (Å²) in [6, 6.07) is 10.8. The van der Waals surface area contributed by atoms with Crippen LogP contribution in [0, 0.1) is 0 Å². The van der Waals surface area contributed by atoms with Crippen LogP contribution in [0.5, 0.6) is 0 Å². The highest BCUT2D eigenvalue weighted by atomic mass is 19.4. The van der Waals surface area contributed by atoms with Crippen LogP contribution in [0.4, 0.5) is 36.6 Å². The number of piperazine rings is 1. The fourth-order valence-corrected chi connectivity index (χ4v) is 4.89. The highest BCUT2D eigenvalue weighted by molar-refractivity contribution is 5.65. The summed E-state index contributed by atoms with van der Waals surface area (Å²) >= 11 is 0. The van der Waals surface area contributed by atoms with Crippen molar-refractivity contribution in [3.05, 3.63) is 48.2 Å². The highest BCUT2D eigenvalue weighted by Gasteiger charge is 2.36. The number of alkyl halides is 3. The summed E-state index contributed by atoms with van der Waals surface area (Å²) in [5.74, 6) is 1.75. The van der Waals surface area contributed by atoms with Crippen LogP contribution in [0.15, 0.2) is 42.6 Å². The zero-order chi connectivity index (χ0) is 26.2. The molecule has 11 heteroatoms. The molecule has 1 aromatic carbocycles. The molecule has 0 radical (unpaired) electrons. The topological polar surface area (TPSA) is 64.5 Å². The maximum absolute atomic E-state index is 13.5. The maximum atomic E-state index is 13.5. The Labute approximate surface area is 214 Å². The van der Waals surface area contributed by atoms with E-state index in [0.717, 1.165) is 36.7 Å². The van der Waals surface area contributed by atoms with E-state index in [1.807, 2.05) is 48.2 Å². The molecule has 1 unspecified atom stereocenters. The Bertz CT molecular complexity index is 1240. The highest BCUT2D eigenvalue weighted by Crippen LogP contribution is 2.36. The van der Waals surface area contributed by atoms with Gasteiger partial charge in [-0.3, -0.25) is 0 Å². The standard InChI is InChI=1S/C26H31F3N8/c1-18-7-6-12-37(18)25-32-22(19-8-4-9-20(17-19)34(2)3)31-24(33-25)36-15-13-35(14-16-36)23-21(26(27,28)29)10-5-11-30-23/h4-5,8-11,17-18H,6-7,12-16H2,1-3H3. The van der Waals surface area contributed by atoms with Gasteiger partial charge in [0.05, 0.1) is 5.56 Å². The molecular formula is C26H31F3N8. The molecule has 0 spiro atoms. The lowest BCUT2D eigenvalue weighted by Crippen LogP contribution is -2.48. The first-order valence-corrected chi connectivity index (χ1v) is 12.5. The zero-order valence-corrected chi connectivity index (χ0v) is 21.3. The smallest absolute Gasteiger partial charge is 0.378 e. The van der Waals surface area contributed by atoms with Gasteiger partial charge in [-0.1, -0.05) is 12.1 Å². The quantitative estimate of drug-likeness (QED) is 0.501. The number of nitrogens with zero attached hydrogens (tertiary/aromatic N) is 8. The summed E-state index contributed by atoms with van der Waals surface area (Å²) in [6.07, 6.45) is -0.887. The maximum Gasteiger partial charge on any atom is 0.419 e. The van der Waals surface area contributed by atoms with Gasteiger partial charge in [-0.25, -0.2) is 4.98 Å². The van der Waals surface area contributed by atoms with Crippen LogP contribution < -0.4 is 19.6 Å². The molecule has 1 atom stereocenters. The normalized spacial score (nSPS) is 18.4. The van der Waals surface area contributed by atoms with E-state index in [1.54, 1.807) is 4.90 Å². The number of hydrogen-bond donors (Lipinski definition) is 0. The predicted octanol–water partition coefficient (Wildman–Crippen LogP) is 4.33. The van der Waals surface area contributed by atoms with Crippen molar-refractivity contribution < 1.29 is 13.2 Å². The van der Waals surface area contributed by atoms with Gasteiger partial charge < -0.3 is 19.6 Å². The lowest BCUT2D eigenvalue weighted by Gasteiger charge is -2.36. The van der Waals surface area contributed by atoms with E-state index in [9.17, 15) is 13.2 Å². The van der Waals surface area contributed by atoms with E-state index >= 15 is 0 Å². The van der Waals surface area contributed by atoms with Gasteiger partial charge in [0, 0.05) is 70.3 Å². The predicted molar refractivity (Wildman–Crippen MR) is 139 cm³/mol. The van der Waals surface area contributed by atoms with E-state index in [-0.39, 0.29) is 5.82 Å². The molecule has 4 heterocycles. The third kappa shape index (κ3) is 5.26. The molecule has 0 N–H and O–H groups in total. The largest absolute Gasteiger partial charge is 0.419 e. The first kappa shape index (κ1) is 25.0. The van der Waals surface area contributed by atoms with Crippen molar-refractivity contribution in [2.75, 3.05) is 66.4 Å². The van der Waals surface area contributed by atoms with Crippen molar-refractivity contribution in [3.63, 3.8) is 0 Å². The average Bonchev–Trinajstić information content (AvgIpc) is 3.34. The third-order valence-electron chi connectivity index (χ3n) is 7.00. The molecule has 0 bridgehead atoms. The minimum absolute atomic E-state index is 0.0296. The molecule has 2 aromatic heterocycles. The summed E-state index contributed by atoms with van der Waals surface area (Å²) in [6.45, 7) is 4.77. The fourth-order valence-electron chi connectivity index (χ4n) is 4.89. The average molecular weight is 513 g/mol. The molecule has 8 nitrogen and oxygen atoms in total. The first-order chi connectivity index (χ1) is 17.7. The first-order valence-electron chi connectivity index (χ1n) is 12.5. The number of hydrogen-bond acceptors (Lipinski definition) is 8. The van der Waals surface area contributed by atoms with Gasteiger partial charge in [0.2, 0.25) is 11.9 Å². The number of pyridine rings is 1. The van der Waals surface area contributed by atoms with Gasteiger partial charge in [0.15, 0.2) is 5.82 Å². The minimum atomic E-state index is -4.45. The van der Waals surface area contributed by atoms with E-state index in [4.69, 9.17) is 15.0 Å². The van der Waals surface area contributed by atoms with Gasteiger partial charge in [0.1, 0.15) is 5.82 Å². The molecule has 2 saturated heterocycles. The van der Waals surface area contributed by atoms with Crippen LogP contribution >= 0.6 is 0 Å². The second-order valence-corrected chi connectivity index (χ2v) is 9.73. The molecule has 3 aromatic rings. The van der Waals surface area contributed by atoms with Crippen molar-refractivity contribution in [2.45, 2.75) is 32.0 Å². The summed E-state index contributed by atoms with van der Waals surface area (Å²) in [5, 5.41) is 0. The van der Waals surface area contributed by atoms with Crippen LogP contribution in [0.25, 0.3) is 11.4 Å².